The van der Waals surface area contributed by atoms with E-state index in [-0.39, 0.29) is 0 Å². The number of rotatable bonds is 3. The van der Waals surface area contributed by atoms with Gasteiger partial charge in [-0.2, -0.15) is 0 Å². The van der Waals surface area contributed by atoms with E-state index in [9.17, 15) is 0 Å². The second kappa shape index (κ2) is 3.75. The maximum absolute atomic E-state index is 5.32. The van der Waals surface area contributed by atoms with Crippen molar-refractivity contribution in [2.75, 3.05) is 19.8 Å². The van der Waals surface area contributed by atoms with E-state index in [0.717, 1.165) is 31.1 Å². The van der Waals surface area contributed by atoms with Crippen molar-refractivity contribution in [3.05, 3.63) is 0 Å². The first-order chi connectivity index (χ1) is 5.86. The van der Waals surface area contributed by atoms with E-state index in [1.807, 2.05) is 0 Å². The molecule has 2 nitrogen and oxygen atoms in total. The Hall–Kier alpha value is -0.0800. The standard InChI is InChI=1S/C10H19NO/c1-8-6-10(8)11-7-9-2-4-12-5-3-9/h8-11H,2-7H2,1H3. The molecule has 2 heteroatoms. The maximum atomic E-state index is 5.32. The van der Waals surface area contributed by atoms with Crippen molar-refractivity contribution >= 4 is 0 Å². The Labute approximate surface area is 74.7 Å². The summed E-state index contributed by atoms with van der Waals surface area (Å²) in [6.07, 6.45) is 3.91. The van der Waals surface area contributed by atoms with Crippen LogP contribution in [0.5, 0.6) is 0 Å². The third-order valence-electron chi connectivity index (χ3n) is 3.12. The summed E-state index contributed by atoms with van der Waals surface area (Å²) in [5.41, 5.74) is 0. The molecule has 2 fully saturated rings. The van der Waals surface area contributed by atoms with Crippen molar-refractivity contribution in [3.63, 3.8) is 0 Å². The highest BCUT2D eigenvalue weighted by Crippen LogP contribution is 2.29. The molecule has 1 saturated heterocycles. The number of hydrogen-bond acceptors (Lipinski definition) is 2. The van der Waals surface area contributed by atoms with E-state index in [4.69, 9.17) is 4.74 Å². The third-order valence-corrected chi connectivity index (χ3v) is 3.12. The van der Waals surface area contributed by atoms with Crippen LogP contribution >= 0.6 is 0 Å². The number of hydrogen-bond donors (Lipinski definition) is 1. The minimum absolute atomic E-state index is 0.841. The average molecular weight is 169 g/mol. The Morgan fingerprint density at radius 3 is 2.58 bits per heavy atom. The molecule has 1 aliphatic carbocycles. The van der Waals surface area contributed by atoms with E-state index in [2.05, 4.69) is 12.2 Å². The monoisotopic (exact) mass is 169 g/mol. The predicted octanol–water partition coefficient (Wildman–Crippen LogP) is 1.41. The van der Waals surface area contributed by atoms with E-state index >= 15 is 0 Å². The molecule has 0 spiro atoms. The summed E-state index contributed by atoms with van der Waals surface area (Å²) in [7, 11) is 0. The fourth-order valence-electron chi connectivity index (χ4n) is 1.88. The van der Waals surface area contributed by atoms with E-state index in [1.165, 1.54) is 25.8 Å². The first-order valence-corrected chi connectivity index (χ1v) is 5.17. The molecule has 1 saturated carbocycles. The van der Waals surface area contributed by atoms with Crippen LogP contribution < -0.4 is 5.32 Å². The Morgan fingerprint density at radius 1 is 1.33 bits per heavy atom. The van der Waals surface area contributed by atoms with Gasteiger partial charge in [0.2, 0.25) is 0 Å². The smallest absolute Gasteiger partial charge is 0.0469 e. The average Bonchev–Trinajstić information content (AvgIpc) is 2.81. The normalized spacial score (nSPS) is 36.8. The van der Waals surface area contributed by atoms with Gasteiger partial charge in [0.05, 0.1) is 0 Å². The lowest BCUT2D eigenvalue weighted by molar-refractivity contribution is 0.0661. The van der Waals surface area contributed by atoms with Crippen LogP contribution in [-0.2, 0) is 4.74 Å². The summed E-state index contributed by atoms with van der Waals surface area (Å²) in [5, 5.41) is 3.62. The first-order valence-electron chi connectivity index (χ1n) is 5.17. The van der Waals surface area contributed by atoms with Crippen LogP contribution in [0.3, 0.4) is 0 Å². The predicted molar refractivity (Wildman–Crippen MR) is 49.1 cm³/mol. The minimum atomic E-state index is 0.841. The van der Waals surface area contributed by atoms with Gasteiger partial charge in [-0.1, -0.05) is 6.92 Å². The molecule has 70 valence electrons. The van der Waals surface area contributed by atoms with Gasteiger partial charge in [-0.3, -0.25) is 0 Å². The van der Waals surface area contributed by atoms with Crippen molar-refractivity contribution in [2.45, 2.75) is 32.2 Å². The quantitative estimate of drug-likeness (QED) is 0.689. The Balaban J connectivity index is 1.59. The fraction of sp³-hybridized carbons (Fsp3) is 1.00. The lowest BCUT2D eigenvalue weighted by Crippen LogP contribution is -2.29. The highest BCUT2D eigenvalue weighted by molar-refractivity contribution is 4.90. The minimum Gasteiger partial charge on any atom is -0.381 e. The maximum Gasteiger partial charge on any atom is 0.0469 e. The number of ether oxygens (including phenoxy) is 1. The van der Waals surface area contributed by atoms with Gasteiger partial charge >= 0.3 is 0 Å². The van der Waals surface area contributed by atoms with E-state index in [1.54, 1.807) is 0 Å². The van der Waals surface area contributed by atoms with Gasteiger partial charge in [-0.15, -0.1) is 0 Å². The molecular formula is C10H19NO. The molecule has 2 atom stereocenters. The zero-order valence-corrected chi connectivity index (χ0v) is 7.88. The molecule has 1 heterocycles. The van der Waals surface area contributed by atoms with Crippen LogP contribution in [0.4, 0.5) is 0 Å². The lowest BCUT2D eigenvalue weighted by Gasteiger charge is -2.22. The molecule has 0 aromatic rings. The van der Waals surface area contributed by atoms with E-state index in [0.29, 0.717) is 0 Å². The second-order valence-corrected chi connectivity index (χ2v) is 4.28. The molecule has 1 aliphatic heterocycles. The van der Waals surface area contributed by atoms with Crippen LogP contribution in [-0.4, -0.2) is 25.8 Å². The van der Waals surface area contributed by atoms with Gasteiger partial charge in [0.1, 0.15) is 0 Å². The molecule has 0 aromatic heterocycles. The zero-order valence-electron chi connectivity index (χ0n) is 7.88. The lowest BCUT2D eigenvalue weighted by atomic mass is 10.0. The van der Waals surface area contributed by atoms with E-state index < -0.39 is 0 Å². The summed E-state index contributed by atoms with van der Waals surface area (Å²) in [5.74, 6) is 1.82. The molecule has 0 amide bonds. The van der Waals surface area contributed by atoms with Gasteiger partial charge in [0.15, 0.2) is 0 Å². The molecule has 2 rings (SSSR count). The SMILES string of the molecule is CC1CC1NCC1CCOCC1. The van der Waals surface area contributed by atoms with Crippen molar-refractivity contribution in [1.82, 2.24) is 5.32 Å². The molecule has 12 heavy (non-hydrogen) atoms. The third kappa shape index (κ3) is 2.20. The van der Waals surface area contributed by atoms with Crippen molar-refractivity contribution in [2.24, 2.45) is 11.8 Å². The van der Waals surface area contributed by atoms with Gasteiger partial charge in [0.25, 0.3) is 0 Å². The van der Waals surface area contributed by atoms with Gasteiger partial charge in [0, 0.05) is 19.3 Å². The summed E-state index contributed by atoms with van der Waals surface area (Å²) in [6.45, 7) is 5.50. The Morgan fingerprint density at radius 2 is 2.00 bits per heavy atom. The Kier molecular flexibility index (Phi) is 2.66. The molecule has 0 radical (unpaired) electrons. The van der Waals surface area contributed by atoms with Crippen molar-refractivity contribution in [3.8, 4) is 0 Å². The molecule has 2 unspecified atom stereocenters. The second-order valence-electron chi connectivity index (χ2n) is 4.28. The summed E-state index contributed by atoms with van der Waals surface area (Å²) < 4.78 is 5.32. The largest absolute Gasteiger partial charge is 0.381 e. The van der Waals surface area contributed by atoms with Crippen LogP contribution in [0.1, 0.15) is 26.2 Å². The molecule has 0 aromatic carbocycles. The van der Waals surface area contributed by atoms with Crippen molar-refractivity contribution < 1.29 is 4.74 Å². The zero-order chi connectivity index (χ0) is 8.39. The fourth-order valence-corrected chi connectivity index (χ4v) is 1.88. The van der Waals surface area contributed by atoms with Gasteiger partial charge in [-0.05, 0) is 37.6 Å². The van der Waals surface area contributed by atoms with Crippen LogP contribution in [0.25, 0.3) is 0 Å². The summed E-state index contributed by atoms with van der Waals surface area (Å²) in [6, 6.07) is 0.841. The van der Waals surface area contributed by atoms with Crippen molar-refractivity contribution in [1.29, 1.82) is 0 Å². The van der Waals surface area contributed by atoms with Gasteiger partial charge < -0.3 is 10.1 Å². The van der Waals surface area contributed by atoms with Gasteiger partial charge in [-0.25, -0.2) is 0 Å². The summed E-state index contributed by atoms with van der Waals surface area (Å²) in [4.78, 5) is 0. The van der Waals surface area contributed by atoms with Crippen LogP contribution in [0.2, 0.25) is 0 Å². The molecule has 1 N–H and O–H groups in total. The number of nitrogens with one attached hydrogen (secondary N) is 1. The highest BCUT2D eigenvalue weighted by atomic mass is 16.5. The molecule has 2 aliphatic rings. The Bertz CT molecular complexity index is 143. The topological polar surface area (TPSA) is 21.3 Å². The molecular weight excluding hydrogens is 150 g/mol. The first kappa shape index (κ1) is 8.52. The van der Waals surface area contributed by atoms with Crippen LogP contribution in [0, 0.1) is 11.8 Å². The summed E-state index contributed by atoms with van der Waals surface area (Å²) >= 11 is 0. The van der Waals surface area contributed by atoms with Crippen LogP contribution in [0.15, 0.2) is 0 Å². The highest BCUT2D eigenvalue weighted by Gasteiger charge is 2.32. The molecule has 0 bridgehead atoms.